The molecule has 0 saturated carbocycles. The van der Waals surface area contributed by atoms with E-state index in [2.05, 4.69) is 0 Å². The summed E-state index contributed by atoms with van der Waals surface area (Å²) in [6, 6.07) is 7.20. The minimum atomic E-state index is -4.60. The zero-order valence-corrected chi connectivity index (χ0v) is 10.6. The van der Waals surface area contributed by atoms with Gasteiger partial charge in [-0.15, -0.1) is 11.6 Å². The molecular formula is C14H8ClF5. The van der Waals surface area contributed by atoms with Crippen molar-refractivity contribution in [1.82, 2.24) is 0 Å². The molecule has 0 spiro atoms. The van der Waals surface area contributed by atoms with Crippen LogP contribution in [0, 0.1) is 11.6 Å². The van der Waals surface area contributed by atoms with E-state index >= 15 is 0 Å². The van der Waals surface area contributed by atoms with Crippen LogP contribution in [-0.2, 0) is 6.18 Å². The molecule has 0 bridgehead atoms. The minimum absolute atomic E-state index is 0.204. The maximum absolute atomic E-state index is 13.6. The zero-order valence-electron chi connectivity index (χ0n) is 9.89. The van der Waals surface area contributed by atoms with E-state index in [4.69, 9.17) is 11.6 Å². The molecule has 20 heavy (non-hydrogen) atoms. The monoisotopic (exact) mass is 306 g/mol. The van der Waals surface area contributed by atoms with E-state index in [1.165, 1.54) is 18.2 Å². The van der Waals surface area contributed by atoms with Gasteiger partial charge in [0, 0.05) is 11.6 Å². The van der Waals surface area contributed by atoms with Crippen molar-refractivity contribution in [2.24, 2.45) is 0 Å². The highest BCUT2D eigenvalue weighted by Gasteiger charge is 2.35. The van der Waals surface area contributed by atoms with Gasteiger partial charge in [-0.25, -0.2) is 8.78 Å². The van der Waals surface area contributed by atoms with Crippen LogP contribution in [0.3, 0.4) is 0 Å². The Kier molecular flexibility index (Phi) is 3.99. The summed E-state index contributed by atoms with van der Waals surface area (Å²) in [6.07, 6.45) is -4.60. The van der Waals surface area contributed by atoms with Crippen LogP contribution in [0.2, 0.25) is 0 Å². The van der Waals surface area contributed by atoms with Crippen LogP contribution in [0.5, 0.6) is 0 Å². The summed E-state index contributed by atoms with van der Waals surface area (Å²) in [5.41, 5.74) is -1.42. The Bertz CT molecular complexity index is 621. The van der Waals surface area contributed by atoms with Gasteiger partial charge >= 0.3 is 6.18 Å². The lowest BCUT2D eigenvalue weighted by Gasteiger charge is -2.17. The van der Waals surface area contributed by atoms with Gasteiger partial charge in [0.05, 0.1) is 10.9 Å². The summed E-state index contributed by atoms with van der Waals surface area (Å²) in [4.78, 5) is 0. The molecule has 0 heterocycles. The third-order valence-electron chi connectivity index (χ3n) is 2.77. The summed E-state index contributed by atoms with van der Waals surface area (Å²) in [6.45, 7) is 0. The quantitative estimate of drug-likeness (QED) is 0.521. The van der Waals surface area contributed by atoms with Gasteiger partial charge in [0.25, 0.3) is 0 Å². The number of hydrogen-bond donors (Lipinski definition) is 0. The molecule has 2 aromatic rings. The molecule has 0 aromatic heterocycles. The second-order valence-electron chi connectivity index (χ2n) is 4.11. The molecule has 2 rings (SSSR count). The van der Waals surface area contributed by atoms with E-state index in [0.717, 1.165) is 18.2 Å². The van der Waals surface area contributed by atoms with Crippen LogP contribution < -0.4 is 0 Å². The van der Waals surface area contributed by atoms with Gasteiger partial charge in [0.15, 0.2) is 0 Å². The molecule has 106 valence electrons. The van der Waals surface area contributed by atoms with Crippen molar-refractivity contribution in [1.29, 1.82) is 0 Å². The fourth-order valence-electron chi connectivity index (χ4n) is 1.85. The van der Waals surface area contributed by atoms with Gasteiger partial charge in [-0.05, 0) is 17.7 Å². The molecule has 0 radical (unpaired) electrons. The number of alkyl halides is 4. The lowest BCUT2D eigenvalue weighted by atomic mass is 9.98. The molecule has 6 heteroatoms. The van der Waals surface area contributed by atoms with E-state index in [0.29, 0.717) is 6.07 Å². The Morgan fingerprint density at radius 1 is 0.900 bits per heavy atom. The van der Waals surface area contributed by atoms with E-state index in [-0.39, 0.29) is 11.1 Å². The summed E-state index contributed by atoms with van der Waals surface area (Å²) < 4.78 is 65.1. The standard InChI is InChI=1S/C14H8ClF5/c15-13(10-6-5-8(16)7-12(10)17)9-3-1-2-4-11(9)14(18,19)20/h1-7,13H. The fraction of sp³-hybridized carbons (Fsp3) is 0.143. The van der Waals surface area contributed by atoms with Gasteiger partial charge in [0.2, 0.25) is 0 Å². The zero-order chi connectivity index (χ0) is 14.9. The summed E-state index contributed by atoms with van der Waals surface area (Å²) in [5.74, 6) is -1.80. The highest BCUT2D eigenvalue weighted by atomic mass is 35.5. The van der Waals surface area contributed by atoms with Gasteiger partial charge < -0.3 is 0 Å². The Morgan fingerprint density at radius 3 is 2.15 bits per heavy atom. The SMILES string of the molecule is Fc1ccc(C(Cl)c2ccccc2C(F)(F)F)c(F)c1. The lowest BCUT2D eigenvalue weighted by Crippen LogP contribution is -2.11. The van der Waals surface area contributed by atoms with Gasteiger partial charge in [-0.1, -0.05) is 24.3 Å². The minimum Gasteiger partial charge on any atom is -0.207 e. The van der Waals surface area contributed by atoms with Crippen LogP contribution in [0.25, 0.3) is 0 Å². The van der Waals surface area contributed by atoms with Crippen molar-refractivity contribution in [3.8, 4) is 0 Å². The van der Waals surface area contributed by atoms with Crippen LogP contribution in [0.4, 0.5) is 22.0 Å². The Labute approximate surface area is 116 Å². The van der Waals surface area contributed by atoms with E-state index in [1.54, 1.807) is 0 Å². The number of halogens is 6. The average molecular weight is 307 g/mol. The molecule has 2 aromatic carbocycles. The molecule has 0 nitrogen and oxygen atoms in total. The lowest BCUT2D eigenvalue weighted by molar-refractivity contribution is -0.138. The summed E-state index contributed by atoms with van der Waals surface area (Å²) in [7, 11) is 0. The summed E-state index contributed by atoms with van der Waals surface area (Å²) in [5, 5.41) is -1.35. The van der Waals surface area contributed by atoms with E-state index in [9.17, 15) is 22.0 Å². The molecule has 1 atom stereocenters. The number of benzene rings is 2. The van der Waals surface area contributed by atoms with Crippen LogP contribution in [0.15, 0.2) is 42.5 Å². The molecule has 0 aliphatic heterocycles. The molecule has 0 aliphatic carbocycles. The Balaban J connectivity index is 2.51. The van der Waals surface area contributed by atoms with Crippen molar-refractivity contribution >= 4 is 11.6 Å². The largest absolute Gasteiger partial charge is 0.416 e. The molecule has 0 fully saturated rings. The normalized spacial score (nSPS) is 13.3. The first-order valence-electron chi connectivity index (χ1n) is 5.56. The highest BCUT2D eigenvalue weighted by Crippen LogP contribution is 2.39. The second kappa shape index (κ2) is 5.40. The maximum Gasteiger partial charge on any atom is 0.416 e. The van der Waals surface area contributed by atoms with E-state index in [1.807, 2.05) is 0 Å². The molecule has 1 unspecified atom stereocenters. The first kappa shape index (κ1) is 14.8. The van der Waals surface area contributed by atoms with Crippen molar-refractivity contribution < 1.29 is 22.0 Å². The van der Waals surface area contributed by atoms with Crippen LogP contribution >= 0.6 is 11.6 Å². The molecule has 0 saturated heterocycles. The molecule has 0 amide bonds. The van der Waals surface area contributed by atoms with Gasteiger partial charge in [-0.3, -0.25) is 0 Å². The third-order valence-corrected chi connectivity index (χ3v) is 3.24. The molecule has 0 N–H and O–H groups in total. The van der Waals surface area contributed by atoms with Crippen molar-refractivity contribution in [2.45, 2.75) is 11.6 Å². The van der Waals surface area contributed by atoms with E-state index < -0.39 is 28.8 Å². The molecular weight excluding hydrogens is 299 g/mol. The Hall–Kier alpha value is -1.62. The summed E-state index contributed by atoms with van der Waals surface area (Å²) >= 11 is 5.94. The first-order chi connectivity index (χ1) is 9.30. The van der Waals surface area contributed by atoms with Crippen molar-refractivity contribution in [2.75, 3.05) is 0 Å². The smallest absolute Gasteiger partial charge is 0.207 e. The predicted octanol–water partition coefficient (Wildman–Crippen LogP) is 5.31. The number of rotatable bonds is 2. The maximum atomic E-state index is 13.6. The van der Waals surface area contributed by atoms with Gasteiger partial charge in [0.1, 0.15) is 11.6 Å². The third kappa shape index (κ3) is 2.93. The van der Waals surface area contributed by atoms with Gasteiger partial charge in [-0.2, -0.15) is 13.2 Å². The molecule has 0 aliphatic rings. The predicted molar refractivity (Wildman–Crippen MR) is 65.5 cm³/mol. The fourth-order valence-corrected chi connectivity index (χ4v) is 2.22. The van der Waals surface area contributed by atoms with Crippen molar-refractivity contribution in [3.05, 3.63) is 70.8 Å². The second-order valence-corrected chi connectivity index (χ2v) is 4.55. The van der Waals surface area contributed by atoms with Crippen molar-refractivity contribution in [3.63, 3.8) is 0 Å². The number of hydrogen-bond acceptors (Lipinski definition) is 0. The topological polar surface area (TPSA) is 0 Å². The highest BCUT2D eigenvalue weighted by molar-refractivity contribution is 6.22. The first-order valence-corrected chi connectivity index (χ1v) is 5.99. The average Bonchev–Trinajstić information content (AvgIpc) is 2.37. The van der Waals surface area contributed by atoms with Crippen LogP contribution in [0.1, 0.15) is 22.1 Å². The van der Waals surface area contributed by atoms with Crippen LogP contribution in [-0.4, -0.2) is 0 Å². The Morgan fingerprint density at radius 2 is 1.55 bits per heavy atom.